The Balaban J connectivity index is 4.04. The molecule has 5 nitrogen and oxygen atoms in total. The van der Waals surface area contributed by atoms with E-state index in [4.69, 9.17) is 10.8 Å². The molecular weight excluding hydrogens is 314 g/mol. The van der Waals surface area contributed by atoms with Gasteiger partial charge in [0, 0.05) is 24.2 Å². The van der Waals surface area contributed by atoms with Gasteiger partial charge in [0.05, 0.1) is 5.75 Å². The summed E-state index contributed by atoms with van der Waals surface area (Å²) in [5.41, 5.74) is 7.18. The highest BCUT2D eigenvalue weighted by atomic mass is 32.2. The molecular formula is C17H27NO4S. The van der Waals surface area contributed by atoms with Crippen molar-refractivity contribution < 1.29 is 19.5 Å². The number of allylic oxidation sites excluding steroid dienone is 3. The second-order valence-electron chi connectivity index (χ2n) is 5.76. The van der Waals surface area contributed by atoms with Crippen LogP contribution in [0.4, 0.5) is 0 Å². The lowest BCUT2D eigenvalue weighted by molar-refractivity contribution is -0.134. The summed E-state index contributed by atoms with van der Waals surface area (Å²) in [4.78, 5) is 33.1. The van der Waals surface area contributed by atoms with Crippen molar-refractivity contribution in [1.82, 2.24) is 0 Å². The van der Waals surface area contributed by atoms with Crippen LogP contribution in [0.5, 0.6) is 0 Å². The number of carbonyl (C=O) groups is 3. The van der Waals surface area contributed by atoms with Crippen molar-refractivity contribution in [2.24, 2.45) is 11.7 Å². The molecule has 0 spiro atoms. The van der Waals surface area contributed by atoms with Gasteiger partial charge >= 0.3 is 5.97 Å². The van der Waals surface area contributed by atoms with Crippen LogP contribution in [-0.2, 0) is 14.4 Å². The van der Waals surface area contributed by atoms with E-state index in [1.807, 2.05) is 20.8 Å². The number of carboxylic acid groups (broad SMARTS) is 1. The number of amides is 1. The number of aliphatic carboxylic acids is 1. The Hall–Kier alpha value is -1.56. The Labute approximate surface area is 142 Å². The molecule has 0 heterocycles. The molecule has 1 unspecified atom stereocenters. The minimum atomic E-state index is -0.853. The molecule has 0 aliphatic carbocycles. The Kier molecular flexibility index (Phi) is 11.1. The van der Waals surface area contributed by atoms with Gasteiger partial charge in [0.25, 0.3) is 0 Å². The average Bonchev–Trinajstić information content (AvgIpc) is 2.43. The van der Waals surface area contributed by atoms with Crippen LogP contribution in [0.25, 0.3) is 0 Å². The Bertz CT molecular complexity index is 483. The summed E-state index contributed by atoms with van der Waals surface area (Å²) in [5.74, 6) is -0.647. The fourth-order valence-corrected chi connectivity index (χ4v) is 2.78. The zero-order valence-corrected chi connectivity index (χ0v) is 14.9. The van der Waals surface area contributed by atoms with Crippen molar-refractivity contribution in [3.63, 3.8) is 0 Å². The lowest BCUT2D eigenvalue weighted by atomic mass is 10.0. The first-order chi connectivity index (χ1) is 10.7. The number of thioether (sulfide) groups is 1. The lowest BCUT2D eigenvalue weighted by Crippen LogP contribution is -2.14. The molecule has 1 amide bonds. The summed E-state index contributed by atoms with van der Waals surface area (Å²) in [6.07, 6.45) is 6.30. The predicted octanol–water partition coefficient (Wildman–Crippen LogP) is 2.95. The van der Waals surface area contributed by atoms with Crippen LogP contribution < -0.4 is 5.73 Å². The molecule has 0 aliphatic rings. The highest BCUT2D eigenvalue weighted by Crippen LogP contribution is 2.15. The summed E-state index contributed by atoms with van der Waals surface area (Å²) < 4.78 is 0. The molecule has 6 heteroatoms. The number of carbonyl (C=O) groups excluding carboxylic acids is 2. The zero-order valence-electron chi connectivity index (χ0n) is 14.1. The maximum absolute atomic E-state index is 12.0. The fourth-order valence-electron chi connectivity index (χ4n) is 1.95. The van der Waals surface area contributed by atoms with E-state index in [9.17, 15) is 14.4 Å². The number of carboxylic acids is 1. The van der Waals surface area contributed by atoms with E-state index in [0.29, 0.717) is 18.6 Å². The van der Waals surface area contributed by atoms with Crippen LogP contribution in [0.15, 0.2) is 23.3 Å². The molecule has 0 aromatic heterocycles. The zero-order chi connectivity index (χ0) is 17.8. The third-order valence-corrected chi connectivity index (χ3v) is 4.52. The van der Waals surface area contributed by atoms with E-state index in [1.165, 1.54) is 17.8 Å². The number of hydrogen-bond donors (Lipinski definition) is 2. The van der Waals surface area contributed by atoms with E-state index < -0.39 is 11.9 Å². The van der Waals surface area contributed by atoms with Crippen molar-refractivity contribution in [2.75, 3.05) is 11.5 Å². The smallest absolute Gasteiger partial charge is 0.313 e. The first-order valence-electron chi connectivity index (χ1n) is 7.66. The van der Waals surface area contributed by atoms with Crippen molar-refractivity contribution in [3.8, 4) is 0 Å². The fraction of sp³-hybridized carbons (Fsp3) is 0.588. The quantitative estimate of drug-likeness (QED) is 0.420. The summed E-state index contributed by atoms with van der Waals surface area (Å²) in [7, 11) is 0. The SMILES string of the molecule is C/C(=C\C(N)=O)CC/C=C(\C)CCC(=O)C(C)CSCC(=O)O. The maximum Gasteiger partial charge on any atom is 0.313 e. The lowest BCUT2D eigenvalue weighted by Gasteiger charge is -2.09. The third-order valence-electron chi connectivity index (χ3n) is 3.33. The van der Waals surface area contributed by atoms with E-state index in [2.05, 4.69) is 6.08 Å². The third kappa shape index (κ3) is 12.6. The van der Waals surface area contributed by atoms with E-state index in [0.717, 1.165) is 24.0 Å². The number of primary amides is 1. The average molecular weight is 341 g/mol. The molecule has 1 atom stereocenters. The highest BCUT2D eigenvalue weighted by molar-refractivity contribution is 7.99. The Morgan fingerprint density at radius 2 is 1.78 bits per heavy atom. The van der Waals surface area contributed by atoms with Crippen molar-refractivity contribution in [3.05, 3.63) is 23.3 Å². The van der Waals surface area contributed by atoms with Gasteiger partial charge in [0.15, 0.2) is 0 Å². The maximum atomic E-state index is 12.0. The van der Waals surface area contributed by atoms with E-state index in [1.54, 1.807) is 0 Å². The minimum Gasteiger partial charge on any atom is -0.481 e. The number of rotatable bonds is 12. The normalized spacial score (nSPS) is 13.7. The molecule has 0 saturated heterocycles. The second kappa shape index (κ2) is 11.9. The van der Waals surface area contributed by atoms with E-state index >= 15 is 0 Å². The number of ketones is 1. The van der Waals surface area contributed by atoms with Gasteiger partial charge in [-0.3, -0.25) is 14.4 Å². The summed E-state index contributed by atoms with van der Waals surface area (Å²) in [5, 5.41) is 8.57. The van der Waals surface area contributed by atoms with Crippen LogP contribution in [0.3, 0.4) is 0 Å². The van der Waals surface area contributed by atoms with Crippen molar-refractivity contribution >= 4 is 29.4 Å². The highest BCUT2D eigenvalue weighted by Gasteiger charge is 2.13. The molecule has 0 aromatic rings. The minimum absolute atomic E-state index is 0.0364. The van der Waals surface area contributed by atoms with Gasteiger partial charge in [-0.1, -0.05) is 24.1 Å². The topological polar surface area (TPSA) is 97.5 Å². The molecule has 0 fully saturated rings. The standard InChI is InChI=1S/C17H27NO4S/c1-12(5-4-6-13(2)9-16(18)20)7-8-15(19)14(3)10-23-11-17(21)22/h5,9,14H,4,6-8,10-11H2,1-3H3,(H2,18,20)(H,21,22)/b12-5+,13-9+. The largest absolute Gasteiger partial charge is 0.481 e. The molecule has 0 rings (SSSR count). The Morgan fingerprint density at radius 3 is 2.35 bits per heavy atom. The first-order valence-corrected chi connectivity index (χ1v) is 8.82. The molecule has 130 valence electrons. The van der Waals surface area contributed by atoms with Gasteiger partial charge in [-0.2, -0.15) is 0 Å². The van der Waals surface area contributed by atoms with Crippen LogP contribution in [0.2, 0.25) is 0 Å². The van der Waals surface area contributed by atoms with Gasteiger partial charge in [0.2, 0.25) is 5.91 Å². The number of nitrogens with two attached hydrogens (primary N) is 1. The Morgan fingerprint density at radius 1 is 1.13 bits per heavy atom. The van der Waals surface area contributed by atoms with Gasteiger partial charge in [-0.25, -0.2) is 0 Å². The molecule has 0 radical (unpaired) electrons. The second-order valence-corrected chi connectivity index (χ2v) is 6.79. The van der Waals surface area contributed by atoms with Crippen LogP contribution in [0.1, 0.15) is 46.5 Å². The summed E-state index contributed by atoms with van der Waals surface area (Å²) in [6, 6.07) is 0. The first kappa shape index (κ1) is 21.4. The predicted molar refractivity (Wildman–Crippen MR) is 94.3 cm³/mol. The van der Waals surface area contributed by atoms with Crippen LogP contribution >= 0.6 is 11.8 Å². The van der Waals surface area contributed by atoms with Crippen LogP contribution in [0, 0.1) is 5.92 Å². The molecule has 0 aromatic carbocycles. The summed E-state index contributed by atoms with van der Waals surface area (Å²) >= 11 is 1.27. The monoisotopic (exact) mass is 341 g/mol. The molecule has 0 bridgehead atoms. The van der Waals surface area contributed by atoms with Gasteiger partial charge in [-0.15, -0.1) is 11.8 Å². The molecule has 0 aliphatic heterocycles. The van der Waals surface area contributed by atoms with Crippen molar-refractivity contribution in [2.45, 2.75) is 46.5 Å². The molecule has 23 heavy (non-hydrogen) atoms. The van der Waals surface area contributed by atoms with Gasteiger partial charge in [0.1, 0.15) is 5.78 Å². The molecule has 0 saturated carbocycles. The number of Topliss-reactive ketones (excluding diaryl/α,β-unsaturated/α-hetero) is 1. The van der Waals surface area contributed by atoms with Crippen molar-refractivity contribution in [1.29, 1.82) is 0 Å². The number of hydrogen-bond acceptors (Lipinski definition) is 4. The van der Waals surface area contributed by atoms with E-state index in [-0.39, 0.29) is 17.5 Å². The molecule has 3 N–H and O–H groups in total. The van der Waals surface area contributed by atoms with Crippen LogP contribution in [-0.4, -0.2) is 34.3 Å². The van der Waals surface area contributed by atoms with Gasteiger partial charge in [-0.05, 0) is 33.1 Å². The summed E-state index contributed by atoms with van der Waals surface area (Å²) in [6.45, 7) is 5.70. The van der Waals surface area contributed by atoms with Gasteiger partial charge < -0.3 is 10.8 Å².